The van der Waals surface area contributed by atoms with Gasteiger partial charge in [-0.3, -0.25) is 0 Å². The standard InChI is InChI=1S/C13H13F2N3O2/c1-3-20-13(19)11-7(2)12(16)18(17-11)10-6-8(14)4-5-9(10)15/h4-6H,3,16H2,1-2H3. The molecule has 0 fully saturated rings. The molecule has 0 spiro atoms. The summed E-state index contributed by atoms with van der Waals surface area (Å²) < 4.78 is 32.8. The zero-order chi connectivity index (χ0) is 14.9. The summed E-state index contributed by atoms with van der Waals surface area (Å²) in [4.78, 5) is 11.7. The summed E-state index contributed by atoms with van der Waals surface area (Å²) in [5, 5.41) is 3.91. The van der Waals surface area contributed by atoms with E-state index in [0.717, 1.165) is 22.9 Å². The average molecular weight is 281 g/mol. The van der Waals surface area contributed by atoms with Crippen molar-refractivity contribution >= 4 is 11.8 Å². The van der Waals surface area contributed by atoms with Gasteiger partial charge in [0.05, 0.1) is 6.61 Å². The molecular formula is C13H13F2N3O2. The number of nitrogens with zero attached hydrogens (tertiary/aromatic N) is 2. The highest BCUT2D eigenvalue weighted by Crippen LogP contribution is 2.23. The summed E-state index contributed by atoms with van der Waals surface area (Å²) in [5.41, 5.74) is 5.96. The Labute approximate surface area is 114 Å². The Morgan fingerprint density at radius 2 is 2.15 bits per heavy atom. The van der Waals surface area contributed by atoms with Crippen LogP contribution in [0.2, 0.25) is 0 Å². The largest absolute Gasteiger partial charge is 0.461 e. The number of anilines is 1. The predicted octanol–water partition coefficient (Wildman–Crippen LogP) is 2.22. The SMILES string of the molecule is CCOC(=O)c1nn(-c2cc(F)ccc2F)c(N)c1C. The third-order valence-electron chi connectivity index (χ3n) is 2.77. The Morgan fingerprint density at radius 3 is 2.80 bits per heavy atom. The van der Waals surface area contributed by atoms with Crippen LogP contribution in [0.25, 0.3) is 5.69 Å². The molecule has 20 heavy (non-hydrogen) atoms. The van der Waals surface area contributed by atoms with Crippen LogP contribution in [0.15, 0.2) is 18.2 Å². The second-order valence-corrected chi connectivity index (χ2v) is 4.09. The maximum Gasteiger partial charge on any atom is 0.359 e. The van der Waals surface area contributed by atoms with Gasteiger partial charge in [0.2, 0.25) is 0 Å². The van der Waals surface area contributed by atoms with E-state index >= 15 is 0 Å². The molecule has 0 aliphatic heterocycles. The number of hydrogen-bond donors (Lipinski definition) is 1. The Kier molecular flexibility index (Phi) is 3.69. The highest BCUT2D eigenvalue weighted by atomic mass is 19.1. The van der Waals surface area contributed by atoms with Gasteiger partial charge in [-0.05, 0) is 26.0 Å². The fourth-order valence-corrected chi connectivity index (χ4v) is 1.73. The molecule has 0 saturated heterocycles. The lowest BCUT2D eigenvalue weighted by atomic mass is 10.2. The first-order chi connectivity index (χ1) is 9.45. The molecule has 2 aromatic rings. The smallest absolute Gasteiger partial charge is 0.359 e. The molecule has 0 amide bonds. The average Bonchev–Trinajstić information content (AvgIpc) is 2.70. The molecule has 0 radical (unpaired) electrons. The number of benzene rings is 1. The van der Waals surface area contributed by atoms with Gasteiger partial charge in [-0.25, -0.2) is 18.3 Å². The summed E-state index contributed by atoms with van der Waals surface area (Å²) in [7, 11) is 0. The summed E-state index contributed by atoms with van der Waals surface area (Å²) in [6.45, 7) is 3.39. The van der Waals surface area contributed by atoms with Gasteiger partial charge in [-0.2, -0.15) is 5.10 Å². The fraction of sp³-hybridized carbons (Fsp3) is 0.231. The summed E-state index contributed by atoms with van der Waals surface area (Å²) in [5.74, 6) is -1.94. The number of aromatic nitrogens is 2. The van der Waals surface area contributed by atoms with E-state index in [1.165, 1.54) is 0 Å². The van der Waals surface area contributed by atoms with Crippen LogP contribution in [0.3, 0.4) is 0 Å². The lowest BCUT2D eigenvalue weighted by Crippen LogP contribution is -2.08. The summed E-state index contributed by atoms with van der Waals surface area (Å²) >= 11 is 0. The van der Waals surface area contributed by atoms with E-state index in [9.17, 15) is 13.6 Å². The highest BCUT2D eigenvalue weighted by Gasteiger charge is 2.21. The van der Waals surface area contributed by atoms with Crippen molar-refractivity contribution in [3.05, 3.63) is 41.1 Å². The molecule has 0 bridgehead atoms. The molecular weight excluding hydrogens is 268 g/mol. The molecule has 0 aliphatic rings. The Bertz CT molecular complexity index is 668. The van der Waals surface area contributed by atoms with Gasteiger partial charge in [0.15, 0.2) is 5.69 Å². The van der Waals surface area contributed by atoms with Crippen LogP contribution in [-0.2, 0) is 4.74 Å². The number of halogens is 2. The van der Waals surface area contributed by atoms with Gasteiger partial charge in [0, 0.05) is 11.6 Å². The predicted molar refractivity (Wildman–Crippen MR) is 68.6 cm³/mol. The van der Waals surface area contributed by atoms with Crippen molar-refractivity contribution in [1.29, 1.82) is 0 Å². The molecule has 0 atom stereocenters. The zero-order valence-electron chi connectivity index (χ0n) is 11.0. The first-order valence-corrected chi connectivity index (χ1v) is 5.93. The third-order valence-corrected chi connectivity index (χ3v) is 2.77. The van der Waals surface area contributed by atoms with Gasteiger partial charge < -0.3 is 10.5 Å². The molecule has 0 unspecified atom stereocenters. The van der Waals surface area contributed by atoms with Crippen LogP contribution in [-0.4, -0.2) is 22.4 Å². The van der Waals surface area contributed by atoms with Crippen LogP contribution in [0.4, 0.5) is 14.6 Å². The second-order valence-electron chi connectivity index (χ2n) is 4.09. The topological polar surface area (TPSA) is 70.1 Å². The van der Waals surface area contributed by atoms with Gasteiger partial charge in [0.1, 0.15) is 23.1 Å². The molecule has 0 saturated carbocycles. The van der Waals surface area contributed by atoms with Crippen molar-refractivity contribution in [2.45, 2.75) is 13.8 Å². The van der Waals surface area contributed by atoms with Crippen LogP contribution in [0.5, 0.6) is 0 Å². The maximum absolute atomic E-state index is 13.7. The Hall–Kier alpha value is -2.44. The molecule has 106 valence electrons. The number of rotatable bonds is 3. The van der Waals surface area contributed by atoms with Crippen LogP contribution in [0.1, 0.15) is 23.0 Å². The van der Waals surface area contributed by atoms with Crippen molar-refractivity contribution < 1.29 is 18.3 Å². The van der Waals surface area contributed by atoms with E-state index in [4.69, 9.17) is 10.5 Å². The van der Waals surface area contributed by atoms with Crippen molar-refractivity contribution in [2.24, 2.45) is 0 Å². The number of esters is 1. The number of nitrogens with two attached hydrogens (primary N) is 1. The fourth-order valence-electron chi connectivity index (χ4n) is 1.73. The van der Waals surface area contributed by atoms with Gasteiger partial charge >= 0.3 is 5.97 Å². The Balaban J connectivity index is 2.56. The molecule has 1 aromatic heterocycles. The van der Waals surface area contributed by atoms with Crippen molar-refractivity contribution in [2.75, 3.05) is 12.3 Å². The molecule has 1 aromatic carbocycles. The summed E-state index contributed by atoms with van der Waals surface area (Å²) in [6, 6.07) is 2.90. The quantitative estimate of drug-likeness (QED) is 0.876. The summed E-state index contributed by atoms with van der Waals surface area (Å²) in [6.07, 6.45) is 0. The number of carbonyl (C=O) groups is 1. The number of carbonyl (C=O) groups excluding carboxylic acids is 1. The van der Waals surface area contributed by atoms with E-state index in [1.54, 1.807) is 13.8 Å². The maximum atomic E-state index is 13.7. The van der Waals surface area contributed by atoms with Crippen LogP contribution >= 0.6 is 0 Å². The van der Waals surface area contributed by atoms with Gasteiger partial charge in [-0.1, -0.05) is 0 Å². The van der Waals surface area contributed by atoms with Crippen molar-refractivity contribution in [3.63, 3.8) is 0 Å². The Morgan fingerprint density at radius 1 is 1.45 bits per heavy atom. The number of nitrogen functional groups attached to an aromatic ring is 1. The second kappa shape index (κ2) is 5.28. The number of hydrogen-bond acceptors (Lipinski definition) is 4. The minimum absolute atomic E-state index is 0.0204. The first kappa shape index (κ1) is 14.0. The van der Waals surface area contributed by atoms with E-state index in [0.29, 0.717) is 5.56 Å². The zero-order valence-corrected chi connectivity index (χ0v) is 11.0. The lowest BCUT2D eigenvalue weighted by molar-refractivity contribution is 0.0518. The first-order valence-electron chi connectivity index (χ1n) is 5.93. The third kappa shape index (κ3) is 2.34. The van der Waals surface area contributed by atoms with E-state index < -0.39 is 17.6 Å². The van der Waals surface area contributed by atoms with Crippen LogP contribution < -0.4 is 5.73 Å². The van der Waals surface area contributed by atoms with E-state index in [1.807, 2.05) is 0 Å². The van der Waals surface area contributed by atoms with Crippen molar-refractivity contribution in [1.82, 2.24) is 9.78 Å². The van der Waals surface area contributed by atoms with E-state index in [2.05, 4.69) is 5.10 Å². The number of ether oxygens (including phenoxy) is 1. The molecule has 2 N–H and O–H groups in total. The highest BCUT2D eigenvalue weighted by molar-refractivity contribution is 5.90. The van der Waals surface area contributed by atoms with Gasteiger partial charge in [-0.15, -0.1) is 0 Å². The van der Waals surface area contributed by atoms with Crippen LogP contribution in [0, 0.1) is 18.6 Å². The normalized spacial score (nSPS) is 10.6. The van der Waals surface area contributed by atoms with Crippen molar-refractivity contribution in [3.8, 4) is 5.69 Å². The minimum Gasteiger partial charge on any atom is -0.461 e. The molecule has 2 rings (SSSR count). The lowest BCUT2D eigenvalue weighted by Gasteiger charge is -2.05. The molecule has 1 heterocycles. The van der Waals surface area contributed by atoms with E-state index in [-0.39, 0.29) is 23.8 Å². The monoisotopic (exact) mass is 281 g/mol. The molecule has 5 nitrogen and oxygen atoms in total. The molecule has 7 heteroatoms. The minimum atomic E-state index is -0.698. The van der Waals surface area contributed by atoms with Gasteiger partial charge in [0.25, 0.3) is 0 Å². The molecule has 0 aliphatic carbocycles.